The molecule has 1 aliphatic rings. The maximum Gasteiger partial charge on any atom is 0.0812 e. The first-order valence-electron chi connectivity index (χ1n) is 4.64. The maximum atomic E-state index is 9.61. The number of aliphatic hydroxyl groups is 4. The highest BCUT2D eigenvalue weighted by Crippen LogP contribution is 2.28. The number of hydrogen-bond acceptors (Lipinski definition) is 4. The van der Waals surface area contributed by atoms with Crippen molar-refractivity contribution in [3.63, 3.8) is 0 Å². The molecule has 2 atom stereocenters. The molecule has 0 saturated heterocycles. The molecule has 0 aliphatic heterocycles. The van der Waals surface area contributed by atoms with E-state index in [1.54, 1.807) is 6.08 Å². The minimum absolute atomic E-state index is 0.0756. The highest BCUT2D eigenvalue weighted by Gasteiger charge is 2.26. The molecule has 4 N–H and O–H groups in total. The average Bonchev–Trinajstić information content (AvgIpc) is 2.12. The van der Waals surface area contributed by atoms with Gasteiger partial charge in [-0.3, -0.25) is 0 Å². The fraction of sp³-hybridized carbons (Fsp3) is 0.600. The Morgan fingerprint density at radius 3 is 1.93 bits per heavy atom. The summed E-state index contributed by atoms with van der Waals surface area (Å²) in [4.78, 5) is 0. The molecule has 0 aromatic rings. The van der Waals surface area contributed by atoms with E-state index in [0.29, 0.717) is 18.4 Å². The van der Waals surface area contributed by atoms with Crippen LogP contribution in [0.3, 0.4) is 0 Å². The largest absolute Gasteiger partial charge is 0.392 e. The molecule has 1 rings (SSSR count). The molecule has 14 heavy (non-hydrogen) atoms. The second kappa shape index (κ2) is 5.26. The Kier molecular flexibility index (Phi) is 4.28. The predicted octanol–water partition coefficient (Wildman–Crippen LogP) is -0.661. The molecule has 1 fully saturated rings. The summed E-state index contributed by atoms with van der Waals surface area (Å²) in [6, 6.07) is 0. The molecule has 80 valence electrons. The lowest BCUT2D eigenvalue weighted by Gasteiger charge is -2.28. The van der Waals surface area contributed by atoms with Crippen molar-refractivity contribution < 1.29 is 20.4 Å². The molecule has 4 heteroatoms. The van der Waals surface area contributed by atoms with E-state index in [4.69, 9.17) is 10.2 Å². The van der Waals surface area contributed by atoms with E-state index in [-0.39, 0.29) is 13.2 Å². The fourth-order valence-electron chi connectivity index (χ4n) is 1.71. The SMILES string of the molecule is OCC=C1C[C@@H](O)C(=CCO)[C@H](O)C1. The first-order chi connectivity index (χ1) is 6.69. The molecule has 0 radical (unpaired) electrons. The van der Waals surface area contributed by atoms with Gasteiger partial charge in [0, 0.05) is 0 Å². The van der Waals surface area contributed by atoms with Crippen LogP contribution in [0.5, 0.6) is 0 Å². The molecule has 0 bridgehead atoms. The van der Waals surface area contributed by atoms with E-state index in [9.17, 15) is 10.2 Å². The molecule has 0 aromatic carbocycles. The summed E-state index contributed by atoms with van der Waals surface area (Å²) in [7, 11) is 0. The Hall–Kier alpha value is -0.680. The minimum atomic E-state index is -0.747. The Labute approximate surface area is 82.8 Å². The van der Waals surface area contributed by atoms with Gasteiger partial charge in [0.25, 0.3) is 0 Å². The highest BCUT2D eigenvalue weighted by molar-refractivity contribution is 5.25. The summed E-state index contributed by atoms with van der Waals surface area (Å²) in [5.41, 5.74) is 1.32. The van der Waals surface area contributed by atoms with Gasteiger partial charge in [0.15, 0.2) is 0 Å². The van der Waals surface area contributed by atoms with Crippen LogP contribution in [-0.4, -0.2) is 45.8 Å². The van der Waals surface area contributed by atoms with Crippen molar-refractivity contribution in [2.24, 2.45) is 0 Å². The van der Waals surface area contributed by atoms with Crippen LogP contribution in [0.1, 0.15) is 12.8 Å². The number of rotatable bonds is 2. The van der Waals surface area contributed by atoms with E-state index in [0.717, 1.165) is 5.57 Å². The summed E-state index contributed by atoms with van der Waals surface area (Å²) in [5.74, 6) is 0. The van der Waals surface area contributed by atoms with Crippen molar-refractivity contribution in [3.8, 4) is 0 Å². The molecule has 0 spiro atoms. The Morgan fingerprint density at radius 2 is 1.50 bits per heavy atom. The molecule has 0 amide bonds. The van der Waals surface area contributed by atoms with E-state index < -0.39 is 12.2 Å². The molecular formula is C10H16O4. The molecule has 4 nitrogen and oxygen atoms in total. The monoisotopic (exact) mass is 200 g/mol. The van der Waals surface area contributed by atoms with Gasteiger partial charge in [-0.15, -0.1) is 0 Å². The zero-order valence-corrected chi connectivity index (χ0v) is 7.93. The number of hydrogen-bond donors (Lipinski definition) is 4. The summed E-state index contributed by atoms with van der Waals surface area (Å²) in [5, 5.41) is 36.5. The molecule has 0 unspecified atom stereocenters. The molecule has 0 aromatic heterocycles. The van der Waals surface area contributed by atoms with E-state index in [1.165, 1.54) is 6.08 Å². The summed E-state index contributed by atoms with van der Waals surface area (Å²) < 4.78 is 0. The third kappa shape index (κ3) is 2.65. The van der Waals surface area contributed by atoms with Crippen LogP contribution in [0.25, 0.3) is 0 Å². The fourth-order valence-corrected chi connectivity index (χ4v) is 1.71. The van der Waals surface area contributed by atoms with Crippen LogP contribution >= 0.6 is 0 Å². The van der Waals surface area contributed by atoms with Gasteiger partial charge in [-0.1, -0.05) is 17.7 Å². The van der Waals surface area contributed by atoms with Gasteiger partial charge in [0.05, 0.1) is 25.4 Å². The minimum Gasteiger partial charge on any atom is -0.392 e. The van der Waals surface area contributed by atoms with Crippen molar-refractivity contribution in [3.05, 3.63) is 23.3 Å². The molecule has 1 saturated carbocycles. The zero-order chi connectivity index (χ0) is 10.6. The van der Waals surface area contributed by atoms with Crippen LogP contribution < -0.4 is 0 Å². The maximum absolute atomic E-state index is 9.61. The van der Waals surface area contributed by atoms with Crippen molar-refractivity contribution in [1.29, 1.82) is 0 Å². The van der Waals surface area contributed by atoms with Crippen LogP contribution in [0.4, 0.5) is 0 Å². The topological polar surface area (TPSA) is 80.9 Å². The predicted molar refractivity (Wildman–Crippen MR) is 51.6 cm³/mol. The van der Waals surface area contributed by atoms with Gasteiger partial charge >= 0.3 is 0 Å². The van der Waals surface area contributed by atoms with Crippen molar-refractivity contribution >= 4 is 0 Å². The first kappa shape index (κ1) is 11.4. The molecule has 1 aliphatic carbocycles. The van der Waals surface area contributed by atoms with Gasteiger partial charge < -0.3 is 20.4 Å². The third-order valence-electron chi connectivity index (χ3n) is 2.39. The Bertz CT molecular complexity index is 229. The zero-order valence-electron chi connectivity index (χ0n) is 7.93. The van der Waals surface area contributed by atoms with Crippen LogP contribution in [0, 0.1) is 0 Å². The smallest absolute Gasteiger partial charge is 0.0812 e. The van der Waals surface area contributed by atoms with Crippen LogP contribution in [0.15, 0.2) is 23.3 Å². The lowest BCUT2D eigenvalue weighted by molar-refractivity contribution is 0.120. The first-order valence-corrected chi connectivity index (χ1v) is 4.64. The van der Waals surface area contributed by atoms with Gasteiger partial charge in [0.1, 0.15) is 0 Å². The van der Waals surface area contributed by atoms with E-state index in [1.807, 2.05) is 0 Å². The second-order valence-corrected chi connectivity index (χ2v) is 3.37. The van der Waals surface area contributed by atoms with Crippen LogP contribution in [-0.2, 0) is 0 Å². The standard InChI is InChI=1S/C10H16O4/c11-3-1-7-5-9(13)8(2-4-12)10(14)6-7/h1-2,9-14H,3-6H2/t9-,10-/m1/s1. The Morgan fingerprint density at radius 1 is 1.00 bits per heavy atom. The summed E-state index contributed by atoms with van der Waals surface area (Å²) in [6.45, 7) is -0.254. The van der Waals surface area contributed by atoms with Crippen molar-refractivity contribution in [2.45, 2.75) is 25.0 Å². The average molecular weight is 200 g/mol. The van der Waals surface area contributed by atoms with E-state index >= 15 is 0 Å². The summed E-state index contributed by atoms with van der Waals surface area (Å²) >= 11 is 0. The van der Waals surface area contributed by atoms with Crippen molar-refractivity contribution in [2.75, 3.05) is 13.2 Å². The highest BCUT2D eigenvalue weighted by atomic mass is 16.3. The lowest BCUT2D eigenvalue weighted by atomic mass is 9.85. The Balaban J connectivity index is 2.73. The molecular weight excluding hydrogens is 184 g/mol. The van der Waals surface area contributed by atoms with Gasteiger partial charge in [-0.25, -0.2) is 0 Å². The quantitative estimate of drug-likeness (QED) is 0.446. The number of aliphatic hydroxyl groups excluding tert-OH is 4. The normalized spacial score (nSPS) is 27.7. The second-order valence-electron chi connectivity index (χ2n) is 3.37. The summed E-state index contributed by atoms with van der Waals surface area (Å²) in [6.07, 6.45) is 2.38. The van der Waals surface area contributed by atoms with Gasteiger partial charge in [-0.05, 0) is 18.4 Å². The van der Waals surface area contributed by atoms with E-state index in [2.05, 4.69) is 0 Å². The van der Waals surface area contributed by atoms with Crippen molar-refractivity contribution in [1.82, 2.24) is 0 Å². The van der Waals surface area contributed by atoms with Crippen LogP contribution in [0.2, 0.25) is 0 Å². The third-order valence-corrected chi connectivity index (χ3v) is 2.39. The lowest BCUT2D eigenvalue weighted by Crippen LogP contribution is -2.29. The van der Waals surface area contributed by atoms with Gasteiger partial charge in [0.2, 0.25) is 0 Å². The molecule has 0 heterocycles. The van der Waals surface area contributed by atoms with Gasteiger partial charge in [-0.2, -0.15) is 0 Å².